The Bertz CT molecular complexity index is 1410. The van der Waals surface area contributed by atoms with Gasteiger partial charge >= 0.3 is 0 Å². The third-order valence-electron chi connectivity index (χ3n) is 9.89. The molecule has 0 bridgehead atoms. The zero-order valence-electron chi connectivity index (χ0n) is 25.1. The molecule has 1 aromatic heterocycles. The Labute approximate surface area is 257 Å². The zero-order valence-corrected chi connectivity index (χ0v) is 26.7. The van der Waals surface area contributed by atoms with Crippen molar-refractivity contribution in [2.24, 2.45) is 0 Å². The van der Waals surface area contributed by atoms with Crippen LogP contribution >= 0.6 is 0 Å². The van der Waals surface area contributed by atoms with Crippen LogP contribution in [0.25, 0.3) is 0 Å². The van der Waals surface area contributed by atoms with Gasteiger partial charge in [0.2, 0.25) is 0 Å². The molecule has 5 rings (SSSR count). The van der Waals surface area contributed by atoms with Crippen molar-refractivity contribution in [1.82, 2.24) is 4.98 Å². The van der Waals surface area contributed by atoms with Gasteiger partial charge in [-0.3, -0.25) is 14.1 Å². The quantitative estimate of drug-likeness (QED) is 0.159. The molecule has 0 radical (unpaired) electrons. The highest BCUT2D eigenvalue weighted by Crippen LogP contribution is 2.52. The minimum Gasteiger partial charge on any atom is -0.286 e. The third-order valence-corrected chi connectivity index (χ3v) is 11.5. The van der Waals surface area contributed by atoms with Gasteiger partial charge in [0.05, 0.1) is 43.2 Å². The Kier molecular flexibility index (Phi) is 10.1. The van der Waals surface area contributed by atoms with Crippen LogP contribution in [-0.4, -0.2) is 77.6 Å². The molecule has 3 heterocycles. The fraction of sp³-hybridized carbons (Fsp3) is 0.594. The normalized spacial score (nSPS) is 26.7. The van der Waals surface area contributed by atoms with Gasteiger partial charge in [-0.25, -0.2) is 8.97 Å². The van der Waals surface area contributed by atoms with Crippen LogP contribution in [0.15, 0.2) is 71.4 Å². The summed E-state index contributed by atoms with van der Waals surface area (Å²) in [6.07, 6.45) is 23.2. The maximum atomic E-state index is 11.7. The van der Waals surface area contributed by atoms with Gasteiger partial charge in [-0.1, -0.05) is 12.2 Å². The minimum absolute atomic E-state index is 0.0411. The zero-order chi connectivity index (χ0) is 30.6. The van der Waals surface area contributed by atoms with Gasteiger partial charge in [0.1, 0.15) is 11.4 Å². The van der Waals surface area contributed by atoms with Crippen molar-refractivity contribution in [2.45, 2.75) is 83.2 Å². The van der Waals surface area contributed by atoms with E-state index >= 15 is 0 Å². The second kappa shape index (κ2) is 13.5. The van der Waals surface area contributed by atoms with E-state index in [9.17, 15) is 25.9 Å². The lowest BCUT2D eigenvalue weighted by molar-refractivity contribution is -1.11. The number of hydrogen-bond acceptors (Lipinski definition) is 5. The molecule has 0 amide bonds. The van der Waals surface area contributed by atoms with Crippen LogP contribution in [0.5, 0.6) is 0 Å². The molecule has 9 nitrogen and oxygen atoms in total. The number of hydrogen-bond donors (Lipinski definition) is 2. The Balaban J connectivity index is 1.69. The standard InChI is InChI=1S/C32H45N3O6S2/c36-42(37,38)25-7-5-21-34(23-9-13-27-11-1-3-15-30(27)34)32(29-17-19-33-20-18-29)35(22-6-8-26-43(39,40)41)24-10-14-28-12-2-4-16-31(28)35/h3-4,15-20,32H,1-2,5-14,21-26H2/p+2. The van der Waals surface area contributed by atoms with E-state index in [0.29, 0.717) is 34.6 Å². The van der Waals surface area contributed by atoms with Crippen molar-refractivity contribution in [3.8, 4) is 0 Å². The fourth-order valence-corrected chi connectivity index (χ4v) is 9.46. The summed E-state index contributed by atoms with van der Waals surface area (Å²) >= 11 is 0. The van der Waals surface area contributed by atoms with Crippen LogP contribution in [0.2, 0.25) is 0 Å². The molecule has 0 fully saturated rings. The van der Waals surface area contributed by atoms with Crippen LogP contribution in [0, 0.1) is 0 Å². The Morgan fingerprint density at radius 1 is 0.698 bits per heavy atom. The molecule has 4 aliphatic rings. The lowest BCUT2D eigenvalue weighted by Crippen LogP contribution is -2.66. The van der Waals surface area contributed by atoms with Gasteiger partial charge in [0.15, 0.2) is 0 Å². The summed E-state index contributed by atoms with van der Waals surface area (Å²) < 4.78 is 67.1. The van der Waals surface area contributed by atoms with Gasteiger partial charge < -0.3 is 0 Å². The van der Waals surface area contributed by atoms with Crippen LogP contribution in [0.3, 0.4) is 0 Å². The predicted molar refractivity (Wildman–Crippen MR) is 168 cm³/mol. The highest BCUT2D eigenvalue weighted by molar-refractivity contribution is 7.86. The SMILES string of the molecule is O=S(=O)(O)CCCC[N+]1(C(c2ccncc2)[N+]2(CCCCS(=O)(=O)O)CCCC3=C2C=CCC3)CCCC2=C1C=CCC2. The van der Waals surface area contributed by atoms with Crippen LogP contribution in [0.1, 0.15) is 88.8 Å². The first-order chi connectivity index (χ1) is 20.5. The van der Waals surface area contributed by atoms with Gasteiger partial charge in [0, 0.05) is 25.2 Å². The topological polar surface area (TPSA) is 122 Å². The maximum Gasteiger partial charge on any atom is 0.264 e. The Morgan fingerprint density at radius 3 is 1.60 bits per heavy atom. The summed E-state index contributed by atoms with van der Waals surface area (Å²) in [5, 5.41) is 0. The van der Waals surface area contributed by atoms with Crippen molar-refractivity contribution in [3.05, 3.63) is 76.9 Å². The summed E-state index contributed by atoms with van der Waals surface area (Å²) in [5.74, 6) is -0.495. The van der Waals surface area contributed by atoms with Crippen molar-refractivity contribution in [1.29, 1.82) is 0 Å². The molecular formula is C32H47N3O6S2+2. The molecule has 2 aliphatic carbocycles. The van der Waals surface area contributed by atoms with Crippen LogP contribution in [0.4, 0.5) is 0 Å². The molecule has 11 heteroatoms. The summed E-state index contributed by atoms with van der Waals surface area (Å²) in [7, 11) is -8.10. The molecule has 2 aliphatic heterocycles. The van der Waals surface area contributed by atoms with Gasteiger partial charge in [-0.15, -0.1) is 0 Å². The summed E-state index contributed by atoms with van der Waals surface area (Å²) in [4.78, 5) is 4.38. The van der Waals surface area contributed by atoms with Crippen molar-refractivity contribution < 1.29 is 34.9 Å². The Morgan fingerprint density at radius 2 is 1.16 bits per heavy atom. The largest absolute Gasteiger partial charge is 0.286 e. The molecule has 2 unspecified atom stereocenters. The van der Waals surface area contributed by atoms with E-state index in [-0.39, 0.29) is 17.7 Å². The molecule has 2 N–H and O–H groups in total. The average Bonchev–Trinajstić information content (AvgIpc) is 2.98. The first-order valence-corrected chi connectivity index (χ1v) is 19.1. The van der Waals surface area contributed by atoms with E-state index in [1.807, 2.05) is 12.4 Å². The molecule has 43 heavy (non-hydrogen) atoms. The van der Waals surface area contributed by atoms with E-state index < -0.39 is 20.2 Å². The van der Waals surface area contributed by atoms with Gasteiger partial charge in [-0.05, 0) is 99.6 Å². The number of quaternary nitrogens is 2. The van der Waals surface area contributed by atoms with Gasteiger partial charge in [0.25, 0.3) is 26.4 Å². The molecule has 1 aromatic rings. The number of unbranched alkanes of at least 4 members (excludes halogenated alkanes) is 2. The van der Waals surface area contributed by atoms with E-state index in [4.69, 9.17) is 0 Å². The van der Waals surface area contributed by atoms with E-state index in [1.54, 1.807) is 0 Å². The number of pyridine rings is 1. The monoisotopic (exact) mass is 633 g/mol. The average molecular weight is 634 g/mol. The summed E-state index contributed by atoms with van der Waals surface area (Å²) in [5.41, 5.74) is 6.83. The second-order valence-electron chi connectivity index (χ2n) is 12.7. The summed E-state index contributed by atoms with van der Waals surface area (Å²) in [6, 6.07) is 4.26. The number of allylic oxidation sites excluding steroid dienone is 6. The van der Waals surface area contributed by atoms with Crippen molar-refractivity contribution >= 4 is 20.2 Å². The fourth-order valence-electron chi connectivity index (χ4n) is 8.32. The molecule has 0 aromatic carbocycles. The first kappa shape index (κ1) is 32.2. The second-order valence-corrected chi connectivity index (χ2v) is 15.8. The lowest BCUT2D eigenvalue weighted by Gasteiger charge is -2.57. The number of rotatable bonds is 13. The van der Waals surface area contributed by atoms with Gasteiger partial charge in [-0.2, -0.15) is 16.8 Å². The molecule has 2 atom stereocenters. The van der Waals surface area contributed by atoms with E-state index in [1.165, 1.54) is 28.1 Å². The maximum absolute atomic E-state index is 11.7. The summed E-state index contributed by atoms with van der Waals surface area (Å²) in [6.45, 7) is 3.31. The van der Waals surface area contributed by atoms with Crippen LogP contribution in [-0.2, 0) is 20.2 Å². The van der Waals surface area contributed by atoms with Crippen molar-refractivity contribution in [3.63, 3.8) is 0 Å². The number of nitrogens with zero attached hydrogens (tertiary/aromatic N) is 3. The van der Waals surface area contributed by atoms with E-state index in [2.05, 4.69) is 41.4 Å². The lowest BCUT2D eigenvalue weighted by atomic mass is 9.86. The van der Waals surface area contributed by atoms with Crippen molar-refractivity contribution in [2.75, 3.05) is 37.7 Å². The first-order valence-electron chi connectivity index (χ1n) is 15.9. The number of aromatic nitrogens is 1. The smallest absolute Gasteiger partial charge is 0.264 e. The predicted octanol–water partition coefficient (Wildman–Crippen LogP) is 5.85. The molecular weight excluding hydrogens is 587 g/mol. The highest BCUT2D eigenvalue weighted by Gasteiger charge is 2.57. The third kappa shape index (κ3) is 7.40. The van der Waals surface area contributed by atoms with Crippen LogP contribution < -0.4 is 0 Å². The Hall–Kier alpha value is -2.15. The van der Waals surface area contributed by atoms with E-state index in [0.717, 1.165) is 77.5 Å². The minimum atomic E-state index is -4.05. The molecule has 0 saturated carbocycles. The molecule has 0 spiro atoms. The molecule has 236 valence electrons. The highest BCUT2D eigenvalue weighted by atomic mass is 32.2. The molecule has 0 saturated heterocycles.